The van der Waals surface area contributed by atoms with Gasteiger partial charge in [0.05, 0.1) is 6.26 Å². The first-order chi connectivity index (χ1) is 6.36. The average molecular weight is 182 g/mol. The van der Waals surface area contributed by atoms with E-state index in [0.29, 0.717) is 12.2 Å². The van der Waals surface area contributed by atoms with Crippen LogP contribution in [0.25, 0.3) is 0 Å². The van der Waals surface area contributed by atoms with E-state index in [9.17, 15) is 4.79 Å². The van der Waals surface area contributed by atoms with E-state index in [1.165, 1.54) is 25.5 Å². The highest BCUT2D eigenvalue weighted by Gasteiger charge is 2.23. The predicted octanol–water partition coefficient (Wildman–Crippen LogP) is 1.78. The maximum Gasteiger partial charge on any atom is 0.340 e. The largest absolute Gasteiger partial charge is 0.495 e. The lowest BCUT2D eigenvalue weighted by atomic mass is 9.98. The number of ether oxygens (including phenoxy) is 2. The van der Waals surface area contributed by atoms with E-state index in [1.807, 2.05) is 0 Å². The summed E-state index contributed by atoms with van der Waals surface area (Å²) >= 11 is 0. The third-order valence-corrected chi connectivity index (χ3v) is 2.55. The smallest absolute Gasteiger partial charge is 0.340 e. The lowest BCUT2D eigenvalue weighted by Gasteiger charge is -2.23. The van der Waals surface area contributed by atoms with Gasteiger partial charge >= 0.3 is 5.97 Å². The van der Waals surface area contributed by atoms with Gasteiger partial charge < -0.3 is 9.47 Å². The van der Waals surface area contributed by atoms with Gasteiger partial charge in [0.1, 0.15) is 18.3 Å². The van der Waals surface area contributed by atoms with Gasteiger partial charge in [-0.2, -0.15) is 0 Å². The Bertz CT molecular complexity index is 226. The number of rotatable bonds is 2. The zero-order valence-electron chi connectivity index (χ0n) is 7.62. The second-order valence-electron chi connectivity index (χ2n) is 3.62. The molecule has 2 aliphatic rings. The lowest BCUT2D eigenvalue weighted by molar-refractivity contribution is -0.147. The monoisotopic (exact) mass is 182 g/mol. The molecule has 0 saturated heterocycles. The fraction of sp³-hybridized carbons (Fsp3) is 0.700. The molecular weight excluding hydrogens is 168 g/mol. The van der Waals surface area contributed by atoms with Gasteiger partial charge in [0.25, 0.3) is 0 Å². The van der Waals surface area contributed by atoms with Crippen LogP contribution >= 0.6 is 0 Å². The van der Waals surface area contributed by atoms with Crippen molar-refractivity contribution in [3.8, 4) is 0 Å². The van der Waals surface area contributed by atoms with Crippen LogP contribution in [0.4, 0.5) is 0 Å². The van der Waals surface area contributed by atoms with E-state index >= 15 is 0 Å². The molecule has 1 aliphatic carbocycles. The predicted molar refractivity (Wildman–Crippen MR) is 47.0 cm³/mol. The van der Waals surface area contributed by atoms with E-state index in [4.69, 9.17) is 9.47 Å². The molecule has 0 amide bonds. The highest BCUT2D eigenvalue weighted by Crippen LogP contribution is 2.22. The topological polar surface area (TPSA) is 35.5 Å². The van der Waals surface area contributed by atoms with Crippen molar-refractivity contribution < 1.29 is 14.3 Å². The minimum atomic E-state index is -0.182. The number of carbonyl (C=O) groups excluding carboxylic acids is 1. The standard InChI is InChI=1S/C10H14O3/c11-10(8-6-12-7-8)13-9-4-2-1-3-5-9/h6,9H,1-5,7H2. The number of hydrogen-bond acceptors (Lipinski definition) is 3. The maximum absolute atomic E-state index is 11.3. The first-order valence-electron chi connectivity index (χ1n) is 4.88. The lowest BCUT2D eigenvalue weighted by Crippen LogP contribution is -2.25. The molecule has 0 atom stereocenters. The molecule has 1 aliphatic heterocycles. The van der Waals surface area contributed by atoms with Gasteiger partial charge in [-0.3, -0.25) is 0 Å². The highest BCUT2D eigenvalue weighted by atomic mass is 16.6. The Morgan fingerprint density at radius 1 is 1.38 bits per heavy atom. The zero-order chi connectivity index (χ0) is 9.10. The fourth-order valence-corrected chi connectivity index (χ4v) is 1.68. The van der Waals surface area contributed by atoms with E-state index in [0.717, 1.165) is 12.8 Å². The van der Waals surface area contributed by atoms with Crippen LogP contribution in [0.5, 0.6) is 0 Å². The van der Waals surface area contributed by atoms with Crippen LogP contribution in [0.1, 0.15) is 32.1 Å². The maximum atomic E-state index is 11.3. The summed E-state index contributed by atoms with van der Waals surface area (Å²) in [6.07, 6.45) is 7.34. The molecule has 1 heterocycles. The van der Waals surface area contributed by atoms with Crippen LogP contribution in [0.2, 0.25) is 0 Å². The van der Waals surface area contributed by atoms with Crippen molar-refractivity contribution in [3.05, 3.63) is 11.8 Å². The van der Waals surface area contributed by atoms with Crippen molar-refractivity contribution in [3.63, 3.8) is 0 Å². The Morgan fingerprint density at radius 3 is 2.62 bits per heavy atom. The molecule has 13 heavy (non-hydrogen) atoms. The summed E-state index contributed by atoms with van der Waals surface area (Å²) in [7, 11) is 0. The van der Waals surface area contributed by atoms with Crippen LogP contribution in [0.3, 0.4) is 0 Å². The van der Waals surface area contributed by atoms with Crippen molar-refractivity contribution in [1.29, 1.82) is 0 Å². The molecule has 1 fully saturated rings. The SMILES string of the molecule is O=C(OC1CCCCC1)C1=COC1. The molecule has 3 nitrogen and oxygen atoms in total. The second kappa shape index (κ2) is 3.81. The Kier molecular flexibility index (Phi) is 2.52. The van der Waals surface area contributed by atoms with Crippen molar-refractivity contribution in [2.75, 3.05) is 6.61 Å². The number of carbonyl (C=O) groups is 1. The molecule has 0 aromatic rings. The Labute approximate surface area is 77.7 Å². The molecule has 0 aromatic heterocycles. The van der Waals surface area contributed by atoms with Gasteiger partial charge in [0.15, 0.2) is 0 Å². The summed E-state index contributed by atoms with van der Waals surface area (Å²) < 4.78 is 10.1. The Hall–Kier alpha value is -0.990. The molecule has 0 bridgehead atoms. The summed E-state index contributed by atoms with van der Waals surface area (Å²) in [5.41, 5.74) is 0.672. The second-order valence-corrected chi connectivity index (χ2v) is 3.62. The molecule has 0 N–H and O–H groups in total. The first kappa shape index (κ1) is 8.60. The molecule has 0 unspecified atom stereocenters. The molecule has 3 heteroatoms. The summed E-state index contributed by atoms with van der Waals surface area (Å²) in [4.78, 5) is 11.3. The molecule has 0 aromatic carbocycles. The first-order valence-corrected chi connectivity index (χ1v) is 4.88. The van der Waals surface area contributed by atoms with Gasteiger partial charge in [0.2, 0.25) is 0 Å². The number of hydrogen-bond donors (Lipinski definition) is 0. The van der Waals surface area contributed by atoms with Crippen LogP contribution in [0, 0.1) is 0 Å². The third-order valence-electron chi connectivity index (χ3n) is 2.55. The average Bonchev–Trinajstić information content (AvgIpc) is 2.02. The summed E-state index contributed by atoms with van der Waals surface area (Å²) in [6.45, 7) is 0.422. The summed E-state index contributed by atoms with van der Waals surface area (Å²) in [5, 5.41) is 0. The molecular formula is C10H14O3. The van der Waals surface area contributed by atoms with Gasteiger partial charge in [-0.1, -0.05) is 6.42 Å². The Morgan fingerprint density at radius 2 is 2.08 bits per heavy atom. The normalized spacial score (nSPS) is 22.6. The van der Waals surface area contributed by atoms with Crippen LogP contribution in [-0.4, -0.2) is 18.7 Å². The van der Waals surface area contributed by atoms with E-state index < -0.39 is 0 Å². The van der Waals surface area contributed by atoms with Gasteiger partial charge in [0, 0.05) is 0 Å². The van der Waals surface area contributed by atoms with Crippen molar-refractivity contribution in [2.24, 2.45) is 0 Å². The van der Waals surface area contributed by atoms with E-state index in [2.05, 4.69) is 0 Å². The molecule has 1 saturated carbocycles. The minimum absolute atomic E-state index is 0.155. The van der Waals surface area contributed by atoms with Crippen LogP contribution < -0.4 is 0 Å². The minimum Gasteiger partial charge on any atom is -0.495 e. The van der Waals surface area contributed by atoms with Gasteiger partial charge in [-0.05, 0) is 25.7 Å². The van der Waals surface area contributed by atoms with Gasteiger partial charge in [-0.25, -0.2) is 4.79 Å². The molecule has 72 valence electrons. The van der Waals surface area contributed by atoms with Crippen molar-refractivity contribution >= 4 is 5.97 Å². The van der Waals surface area contributed by atoms with Gasteiger partial charge in [-0.15, -0.1) is 0 Å². The fourth-order valence-electron chi connectivity index (χ4n) is 1.68. The van der Waals surface area contributed by atoms with Crippen molar-refractivity contribution in [1.82, 2.24) is 0 Å². The Balaban J connectivity index is 1.79. The zero-order valence-corrected chi connectivity index (χ0v) is 7.62. The van der Waals surface area contributed by atoms with Crippen molar-refractivity contribution in [2.45, 2.75) is 38.2 Å². The number of esters is 1. The van der Waals surface area contributed by atoms with Crippen LogP contribution in [0.15, 0.2) is 11.8 Å². The van der Waals surface area contributed by atoms with E-state index in [1.54, 1.807) is 0 Å². The summed E-state index contributed by atoms with van der Waals surface area (Å²) in [6, 6.07) is 0. The third kappa shape index (κ3) is 2.02. The quantitative estimate of drug-likeness (QED) is 0.610. The molecule has 0 spiro atoms. The molecule has 0 radical (unpaired) electrons. The summed E-state index contributed by atoms with van der Waals surface area (Å²) in [5.74, 6) is -0.182. The van der Waals surface area contributed by atoms with Crippen LogP contribution in [-0.2, 0) is 14.3 Å². The molecule has 2 rings (SSSR count). The van der Waals surface area contributed by atoms with E-state index in [-0.39, 0.29) is 12.1 Å². The highest BCUT2D eigenvalue weighted by molar-refractivity contribution is 5.89.